The Morgan fingerprint density at radius 2 is 1.58 bits per heavy atom. The van der Waals surface area contributed by atoms with E-state index in [-0.39, 0.29) is 22.9 Å². The van der Waals surface area contributed by atoms with Gasteiger partial charge in [0.25, 0.3) is 5.91 Å². The summed E-state index contributed by atoms with van der Waals surface area (Å²) in [7, 11) is -3.72. The Hall–Kier alpha value is -3.23. The molecule has 1 fully saturated rings. The Morgan fingerprint density at radius 3 is 2.36 bits per heavy atom. The topological polar surface area (TPSA) is 78.5 Å². The van der Waals surface area contributed by atoms with Crippen LogP contribution < -0.4 is 14.9 Å². The molecule has 1 aliphatic carbocycles. The van der Waals surface area contributed by atoms with Crippen molar-refractivity contribution in [2.75, 3.05) is 18.0 Å². The maximum Gasteiger partial charge on any atom is 0.253 e. The molecule has 1 heterocycles. The second kappa shape index (κ2) is 10.4. The number of hydrogen-bond acceptors (Lipinski definition) is 4. The molecule has 1 atom stereocenters. The zero-order valence-electron chi connectivity index (χ0n) is 20.0. The van der Waals surface area contributed by atoms with Crippen LogP contribution in [-0.4, -0.2) is 33.5 Å². The summed E-state index contributed by atoms with van der Waals surface area (Å²) in [6, 6.07) is 20.5. The molecule has 3 aromatic carbocycles. The fraction of sp³-hybridized carbons (Fsp3) is 0.321. The highest BCUT2D eigenvalue weighted by Gasteiger charge is 2.28. The summed E-state index contributed by atoms with van der Waals surface area (Å²) in [5.74, 6) is -0.566. The second-order valence-electron chi connectivity index (χ2n) is 9.47. The predicted molar refractivity (Wildman–Crippen MR) is 138 cm³/mol. The molecule has 6 nitrogen and oxygen atoms in total. The van der Waals surface area contributed by atoms with Crippen LogP contribution in [0.5, 0.6) is 0 Å². The molecule has 3 aromatic rings. The van der Waals surface area contributed by atoms with E-state index in [0.717, 1.165) is 37.1 Å². The third-order valence-corrected chi connectivity index (χ3v) is 8.64. The maximum absolute atomic E-state index is 13.4. The Bertz CT molecular complexity index is 1340. The van der Waals surface area contributed by atoms with Crippen LogP contribution in [0.15, 0.2) is 77.7 Å². The van der Waals surface area contributed by atoms with Gasteiger partial charge in [0.1, 0.15) is 5.82 Å². The first-order valence-corrected chi connectivity index (χ1v) is 13.9. The van der Waals surface area contributed by atoms with Crippen LogP contribution in [0.3, 0.4) is 0 Å². The molecule has 1 saturated heterocycles. The van der Waals surface area contributed by atoms with Crippen molar-refractivity contribution in [1.82, 2.24) is 10.0 Å². The fourth-order valence-corrected chi connectivity index (χ4v) is 6.53. The van der Waals surface area contributed by atoms with Gasteiger partial charge in [-0.1, -0.05) is 36.4 Å². The van der Waals surface area contributed by atoms with E-state index in [1.165, 1.54) is 23.3 Å². The molecule has 36 heavy (non-hydrogen) atoms. The number of piperidine rings is 1. The summed E-state index contributed by atoms with van der Waals surface area (Å²) in [6.45, 7) is 1.24. The Morgan fingerprint density at radius 1 is 0.889 bits per heavy atom. The average molecular weight is 508 g/mol. The number of aryl methyl sites for hydroxylation is 1. The molecule has 188 valence electrons. The van der Waals surface area contributed by atoms with Crippen molar-refractivity contribution in [3.63, 3.8) is 0 Å². The third kappa shape index (κ3) is 5.29. The quantitative estimate of drug-likeness (QED) is 0.512. The van der Waals surface area contributed by atoms with Crippen LogP contribution in [0.25, 0.3) is 0 Å². The van der Waals surface area contributed by atoms with Gasteiger partial charge in [0.15, 0.2) is 0 Å². The molecule has 2 aliphatic rings. The first kappa shape index (κ1) is 24.5. The van der Waals surface area contributed by atoms with E-state index in [2.05, 4.69) is 27.1 Å². The van der Waals surface area contributed by atoms with Gasteiger partial charge in [-0.3, -0.25) is 4.79 Å². The Balaban J connectivity index is 1.25. The number of sulfonamides is 1. The van der Waals surface area contributed by atoms with Crippen LogP contribution in [0.2, 0.25) is 0 Å². The van der Waals surface area contributed by atoms with Gasteiger partial charge in [-0.2, -0.15) is 0 Å². The van der Waals surface area contributed by atoms with Gasteiger partial charge >= 0.3 is 0 Å². The predicted octanol–water partition coefficient (Wildman–Crippen LogP) is 4.58. The molecule has 1 amide bonds. The maximum atomic E-state index is 13.4. The van der Waals surface area contributed by atoms with Crippen molar-refractivity contribution in [3.05, 3.63) is 95.3 Å². The van der Waals surface area contributed by atoms with Gasteiger partial charge in [0.2, 0.25) is 10.0 Å². The lowest BCUT2D eigenvalue weighted by Gasteiger charge is -2.35. The smallest absolute Gasteiger partial charge is 0.253 e. The molecule has 8 heteroatoms. The minimum absolute atomic E-state index is 0.00195. The average Bonchev–Trinajstić information content (AvgIpc) is 2.89. The van der Waals surface area contributed by atoms with Crippen LogP contribution in [0.4, 0.5) is 10.1 Å². The lowest BCUT2D eigenvalue weighted by atomic mass is 9.87. The van der Waals surface area contributed by atoms with Gasteiger partial charge < -0.3 is 10.2 Å². The zero-order valence-corrected chi connectivity index (χ0v) is 20.8. The summed E-state index contributed by atoms with van der Waals surface area (Å²) in [5.41, 5.74) is 3.99. The van der Waals surface area contributed by atoms with E-state index in [9.17, 15) is 17.6 Å². The summed E-state index contributed by atoms with van der Waals surface area (Å²) < 4.78 is 41.3. The summed E-state index contributed by atoms with van der Waals surface area (Å²) in [6.07, 6.45) is 4.22. The van der Waals surface area contributed by atoms with Gasteiger partial charge in [-0.05, 0) is 79.6 Å². The number of amides is 1. The second-order valence-corrected chi connectivity index (χ2v) is 11.2. The van der Waals surface area contributed by atoms with E-state index in [1.807, 2.05) is 36.4 Å². The molecular weight excluding hydrogens is 477 g/mol. The van der Waals surface area contributed by atoms with Crippen LogP contribution in [-0.2, 0) is 16.4 Å². The van der Waals surface area contributed by atoms with Gasteiger partial charge in [0.05, 0.1) is 16.5 Å². The first-order valence-electron chi connectivity index (χ1n) is 12.4. The molecule has 0 aromatic heterocycles. The minimum atomic E-state index is -3.72. The van der Waals surface area contributed by atoms with Gasteiger partial charge in [-0.15, -0.1) is 0 Å². The van der Waals surface area contributed by atoms with Crippen molar-refractivity contribution in [2.24, 2.45) is 0 Å². The number of carbonyl (C=O) groups excluding carboxylic acids is 1. The molecule has 0 radical (unpaired) electrons. The number of hydrogen-bond donors (Lipinski definition) is 2. The highest BCUT2D eigenvalue weighted by Crippen LogP contribution is 2.31. The lowest BCUT2D eigenvalue weighted by Crippen LogP contribution is -2.45. The summed E-state index contributed by atoms with van der Waals surface area (Å²) >= 11 is 0. The highest BCUT2D eigenvalue weighted by atomic mass is 32.2. The molecule has 1 aliphatic heterocycles. The van der Waals surface area contributed by atoms with Crippen molar-refractivity contribution < 1.29 is 17.6 Å². The van der Waals surface area contributed by atoms with E-state index < -0.39 is 15.8 Å². The number of para-hydroxylation sites is 1. The number of nitrogens with one attached hydrogen (secondary N) is 2. The largest absolute Gasteiger partial charge is 0.371 e. The van der Waals surface area contributed by atoms with Crippen molar-refractivity contribution in [3.8, 4) is 0 Å². The molecular formula is C28H30FN3O3S. The first-order chi connectivity index (χ1) is 17.4. The molecule has 0 bridgehead atoms. The number of rotatable bonds is 6. The summed E-state index contributed by atoms with van der Waals surface area (Å²) in [5, 5.41) is 3.25. The minimum Gasteiger partial charge on any atom is -0.371 e. The Kier molecular flexibility index (Phi) is 7.07. The number of fused-ring (bicyclic) bond motifs is 1. The number of anilines is 1. The van der Waals surface area contributed by atoms with E-state index in [4.69, 9.17) is 0 Å². The molecule has 0 saturated carbocycles. The number of carbonyl (C=O) groups is 1. The van der Waals surface area contributed by atoms with Crippen molar-refractivity contribution in [1.29, 1.82) is 0 Å². The Labute approximate surface area is 211 Å². The van der Waals surface area contributed by atoms with Crippen LogP contribution in [0.1, 0.15) is 53.2 Å². The van der Waals surface area contributed by atoms with Crippen molar-refractivity contribution in [2.45, 2.75) is 49.1 Å². The monoisotopic (exact) mass is 507 g/mol. The van der Waals surface area contributed by atoms with Crippen LogP contribution in [0, 0.1) is 5.82 Å². The van der Waals surface area contributed by atoms with Crippen molar-refractivity contribution >= 4 is 21.6 Å². The lowest BCUT2D eigenvalue weighted by molar-refractivity contribution is 0.0933. The molecule has 2 N–H and O–H groups in total. The molecule has 0 spiro atoms. The van der Waals surface area contributed by atoms with E-state index in [0.29, 0.717) is 31.5 Å². The zero-order chi connectivity index (χ0) is 25.1. The number of nitrogens with zero attached hydrogens (tertiary/aromatic N) is 1. The SMILES string of the molecule is O=C(N[C@H]1CCCc2ccccc21)c1ccccc1N1CCC(NS(=O)(=O)c2ccc(F)cc2)CC1. The number of benzene rings is 3. The summed E-state index contributed by atoms with van der Waals surface area (Å²) in [4.78, 5) is 15.6. The van der Waals surface area contributed by atoms with E-state index in [1.54, 1.807) is 0 Å². The van der Waals surface area contributed by atoms with Gasteiger partial charge in [0, 0.05) is 24.8 Å². The van der Waals surface area contributed by atoms with Crippen LogP contribution >= 0.6 is 0 Å². The normalized spacial score (nSPS) is 18.5. The van der Waals surface area contributed by atoms with Gasteiger partial charge in [-0.25, -0.2) is 17.5 Å². The molecule has 0 unspecified atom stereocenters. The molecule has 5 rings (SSSR count). The standard InChI is InChI=1S/C28H30FN3O3S/c29-21-12-14-23(15-13-21)36(34,35)31-22-16-18-32(19-17-22)27-11-4-3-9-25(27)28(33)30-26-10-5-7-20-6-1-2-8-24(20)26/h1-4,6,8-9,11-15,22,26,31H,5,7,10,16-19H2,(H,30,33)/t26-/m0/s1. The fourth-order valence-electron chi connectivity index (χ4n) is 5.22. The number of halogens is 1. The van der Waals surface area contributed by atoms with E-state index >= 15 is 0 Å². The third-order valence-electron chi connectivity index (χ3n) is 7.10. The highest BCUT2D eigenvalue weighted by molar-refractivity contribution is 7.89.